The summed E-state index contributed by atoms with van der Waals surface area (Å²) in [6, 6.07) is 1.21. The molecule has 0 aromatic heterocycles. The molecule has 1 rings (SSSR count). The summed E-state index contributed by atoms with van der Waals surface area (Å²) in [5, 5.41) is 0. The number of rotatable bonds is 0. The van der Waals surface area contributed by atoms with Gasteiger partial charge in [0.1, 0.15) is 0 Å². The van der Waals surface area contributed by atoms with Crippen LogP contribution in [0.2, 0.25) is 6.04 Å². The van der Waals surface area contributed by atoms with Gasteiger partial charge in [0, 0.05) is 0 Å². The number of hydrogen-bond acceptors (Lipinski definition) is 0. The molecule has 0 amide bonds. The highest BCUT2D eigenvalue weighted by molar-refractivity contribution is 7.11. The Morgan fingerprint density at radius 2 is 2.20 bits per heavy atom. The molecule has 1 unspecified atom stereocenters. The summed E-state index contributed by atoms with van der Waals surface area (Å²) in [5.74, 6) is 0. The second kappa shape index (κ2) is 1.15. The molecule has 1 aliphatic heterocycles. The van der Waals surface area contributed by atoms with Gasteiger partial charge in [0.15, 0.2) is 8.11 Å². The highest BCUT2D eigenvalue weighted by Gasteiger charge is 2.04. The molecule has 1 atom stereocenters. The molecule has 0 nitrogen and oxygen atoms in total. The van der Waals surface area contributed by atoms with Crippen molar-refractivity contribution in [3.05, 3.63) is 11.8 Å². The summed E-state index contributed by atoms with van der Waals surface area (Å²) < 4.78 is 0. The zero-order valence-corrected chi connectivity index (χ0v) is 4.73. The summed E-state index contributed by atoms with van der Waals surface area (Å²) in [5.41, 5.74) is 2.13. The Kier molecular flexibility index (Phi) is 0.789. The van der Waals surface area contributed by atoms with E-state index in [0.717, 1.165) is 0 Å². The lowest BCUT2D eigenvalue weighted by Gasteiger charge is -2.02. The normalized spacial score (nSPS) is 33.4. The van der Waals surface area contributed by atoms with Crippen molar-refractivity contribution >= 4 is 19.2 Å². The topological polar surface area (TPSA) is 0 Å². The SMILES string of the molecule is Cl[SiH]1C=CC1. The Bertz CT molecular complexity index is 59.9. The lowest BCUT2D eigenvalue weighted by atomic mass is 10.7. The molecule has 28 valence electrons. The van der Waals surface area contributed by atoms with Crippen molar-refractivity contribution in [3.8, 4) is 0 Å². The van der Waals surface area contributed by atoms with E-state index in [1.807, 2.05) is 0 Å². The molecule has 0 N–H and O–H groups in total. The van der Waals surface area contributed by atoms with Crippen LogP contribution in [0.3, 0.4) is 0 Å². The van der Waals surface area contributed by atoms with Gasteiger partial charge in [0.05, 0.1) is 0 Å². The Hall–Kier alpha value is 0.247. The predicted octanol–water partition coefficient (Wildman–Crippen LogP) is 1.06. The second-order valence-corrected chi connectivity index (χ2v) is 4.75. The first kappa shape index (κ1) is 3.44. The first-order chi connectivity index (χ1) is 2.39. The molecule has 1 heterocycles. The minimum atomic E-state index is -0.677. The fraction of sp³-hybridized carbons (Fsp3) is 0.333. The van der Waals surface area contributed by atoms with Gasteiger partial charge in [0.25, 0.3) is 0 Å². The smallest absolute Gasteiger partial charge is 0.166 e. The van der Waals surface area contributed by atoms with Crippen LogP contribution in [0.1, 0.15) is 0 Å². The third kappa shape index (κ3) is 0.549. The summed E-state index contributed by atoms with van der Waals surface area (Å²) in [6.07, 6.45) is 2.13. The summed E-state index contributed by atoms with van der Waals surface area (Å²) >= 11 is 5.60. The maximum absolute atomic E-state index is 5.60. The van der Waals surface area contributed by atoms with Crippen LogP contribution in [0.5, 0.6) is 0 Å². The fourth-order valence-corrected chi connectivity index (χ4v) is 1.33. The Morgan fingerprint density at radius 1 is 1.80 bits per heavy atom. The van der Waals surface area contributed by atoms with Crippen LogP contribution in [0.25, 0.3) is 0 Å². The Morgan fingerprint density at radius 3 is 2.20 bits per heavy atom. The van der Waals surface area contributed by atoms with E-state index in [2.05, 4.69) is 11.8 Å². The third-order valence-electron chi connectivity index (χ3n) is 0.706. The lowest BCUT2D eigenvalue weighted by molar-refractivity contribution is 1.62. The van der Waals surface area contributed by atoms with Gasteiger partial charge in [-0.05, 0) is 6.04 Å². The van der Waals surface area contributed by atoms with E-state index in [-0.39, 0.29) is 0 Å². The quantitative estimate of drug-likeness (QED) is 0.319. The van der Waals surface area contributed by atoms with Crippen molar-refractivity contribution in [1.29, 1.82) is 0 Å². The van der Waals surface area contributed by atoms with Gasteiger partial charge in [-0.1, -0.05) is 11.8 Å². The molecular formula is C3H5ClSi. The van der Waals surface area contributed by atoms with Crippen LogP contribution < -0.4 is 0 Å². The first-order valence-corrected chi connectivity index (χ1v) is 4.93. The molecule has 0 aromatic carbocycles. The van der Waals surface area contributed by atoms with Gasteiger partial charge in [-0.2, -0.15) is 11.1 Å². The zero-order valence-electron chi connectivity index (χ0n) is 2.82. The van der Waals surface area contributed by atoms with Crippen LogP contribution in [0, 0.1) is 0 Å². The zero-order chi connectivity index (χ0) is 3.70. The third-order valence-corrected chi connectivity index (χ3v) is 3.09. The van der Waals surface area contributed by atoms with E-state index in [4.69, 9.17) is 11.1 Å². The van der Waals surface area contributed by atoms with Crippen LogP contribution in [-0.2, 0) is 0 Å². The molecule has 0 radical (unpaired) electrons. The van der Waals surface area contributed by atoms with E-state index in [0.29, 0.717) is 0 Å². The second-order valence-electron chi connectivity index (χ2n) is 1.18. The van der Waals surface area contributed by atoms with Gasteiger partial charge < -0.3 is 0 Å². The van der Waals surface area contributed by atoms with Crippen molar-refractivity contribution < 1.29 is 0 Å². The van der Waals surface area contributed by atoms with Crippen LogP contribution in [0.4, 0.5) is 0 Å². The molecule has 5 heavy (non-hydrogen) atoms. The van der Waals surface area contributed by atoms with E-state index in [1.165, 1.54) is 6.04 Å². The molecule has 0 fully saturated rings. The van der Waals surface area contributed by atoms with Crippen molar-refractivity contribution in [2.24, 2.45) is 0 Å². The minimum Gasteiger partial charge on any atom is -0.166 e. The molecule has 2 heteroatoms. The molecule has 0 aromatic rings. The van der Waals surface area contributed by atoms with Crippen LogP contribution in [-0.4, -0.2) is 8.11 Å². The van der Waals surface area contributed by atoms with Gasteiger partial charge in [-0.25, -0.2) is 0 Å². The number of allylic oxidation sites excluding steroid dienone is 1. The average molecular weight is 105 g/mol. The molecule has 0 saturated carbocycles. The molecule has 1 aliphatic rings. The summed E-state index contributed by atoms with van der Waals surface area (Å²) in [6.45, 7) is 0. The van der Waals surface area contributed by atoms with E-state index in [9.17, 15) is 0 Å². The van der Waals surface area contributed by atoms with E-state index < -0.39 is 8.11 Å². The molecular weight excluding hydrogens is 99.6 g/mol. The van der Waals surface area contributed by atoms with Crippen molar-refractivity contribution in [2.75, 3.05) is 0 Å². The first-order valence-electron chi connectivity index (χ1n) is 1.70. The molecule has 0 spiro atoms. The molecule has 0 saturated heterocycles. The minimum absolute atomic E-state index is 0.677. The largest absolute Gasteiger partial charge is 0.167 e. The number of halogens is 1. The summed E-state index contributed by atoms with van der Waals surface area (Å²) in [7, 11) is -0.677. The average Bonchev–Trinajstić information content (AvgIpc) is 1.30. The van der Waals surface area contributed by atoms with Crippen LogP contribution >= 0.6 is 11.1 Å². The van der Waals surface area contributed by atoms with E-state index in [1.54, 1.807) is 0 Å². The number of hydrogen-bond donors (Lipinski definition) is 0. The molecule has 0 aliphatic carbocycles. The Labute approximate surface area is 37.8 Å². The fourth-order valence-electron chi connectivity index (χ4n) is 0.239. The van der Waals surface area contributed by atoms with Gasteiger partial charge in [-0.15, -0.1) is 0 Å². The van der Waals surface area contributed by atoms with Gasteiger partial charge in [-0.3, -0.25) is 0 Å². The lowest BCUT2D eigenvalue weighted by Crippen LogP contribution is -2.03. The van der Waals surface area contributed by atoms with Gasteiger partial charge >= 0.3 is 0 Å². The standard InChI is InChI=1S/C3H5ClSi/c4-5-2-1-3-5/h1-2,5H,3H2. The maximum Gasteiger partial charge on any atom is 0.167 e. The highest BCUT2D eigenvalue weighted by atomic mass is 35.6. The van der Waals surface area contributed by atoms with Crippen molar-refractivity contribution in [1.82, 2.24) is 0 Å². The highest BCUT2D eigenvalue weighted by Crippen LogP contribution is 2.09. The van der Waals surface area contributed by atoms with Crippen LogP contribution in [0.15, 0.2) is 11.8 Å². The Balaban J connectivity index is 2.39. The van der Waals surface area contributed by atoms with Gasteiger partial charge in [0.2, 0.25) is 0 Å². The summed E-state index contributed by atoms with van der Waals surface area (Å²) in [4.78, 5) is 0. The van der Waals surface area contributed by atoms with E-state index >= 15 is 0 Å². The maximum atomic E-state index is 5.60. The predicted molar refractivity (Wildman–Crippen MR) is 26.9 cm³/mol. The van der Waals surface area contributed by atoms with Crippen molar-refractivity contribution in [3.63, 3.8) is 0 Å². The van der Waals surface area contributed by atoms with Crippen molar-refractivity contribution in [2.45, 2.75) is 6.04 Å². The monoisotopic (exact) mass is 104 g/mol. The molecule has 0 bridgehead atoms.